The summed E-state index contributed by atoms with van der Waals surface area (Å²) < 4.78 is 16.8. The molecule has 0 saturated carbocycles. The number of hydrogen-bond acceptors (Lipinski definition) is 6. The van der Waals surface area contributed by atoms with E-state index in [-0.39, 0.29) is 31.1 Å². The minimum Gasteiger partial charge on any atom is -0.462 e. The maximum absolute atomic E-state index is 12.7. The molecular formula is C52H98O6. The van der Waals surface area contributed by atoms with Gasteiger partial charge in [-0.2, -0.15) is 0 Å². The second kappa shape index (κ2) is 47.8. The van der Waals surface area contributed by atoms with Gasteiger partial charge < -0.3 is 14.2 Å². The van der Waals surface area contributed by atoms with Crippen LogP contribution in [0.25, 0.3) is 0 Å². The van der Waals surface area contributed by atoms with Gasteiger partial charge in [-0.3, -0.25) is 14.4 Å². The molecule has 0 heterocycles. The summed E-state index contributed by atoms with van der Waals surface area (Å²) in [7, 11) is 0. The average molecular weight is 819 g/mol. The highest BCUT2D eigenvalue weighted by molar-refractivity contribution is 5.71. The first kappa shape index (κ1) is 56.1. The summed E-state index contributed by atoms with van der Waals surface area (Å²) in [6.07, 6.45) is 52.0. The van der Waals surface area contributed by atoms with E-state index in [9.17, 15) is 14.4 Å². The predicted octanol–water partition coefficient (Wildman–Crippen LogP) is 16.6. The molecule has 0 aromatic rings. The molecule has 342 valence electrons. The standard InChI is InChI=1S/C52H98O6/c1-4-7-10-13-16-19-22-24-25-26-27-28-29-31-33-36-39-42-45-51(54)57-48-49(47-56-50(53)44-41-38-35-32-21-18-15-12-9-6-3)58-52(55)46-43-40-37-34-30-23-20-17-14-11-8-5-2/h17,20,49H,4-16,18-19,21-48H2,1-3H3/b20-17-/t49-/m1/s1. The van der Waals surface area contributed by atoms with Crippen LogP contribution in [0.2, 0.25) is 0 Å². The quantitative estimate of drug-likeness (QED) is 0.0263. The van der Waals surface area contributed by atoms with E-state index in [2.05, 4.69) is 32.9 Å². The van der Waals surface area contributed by atoms with Crippen LogP contribution in [-0.2, 0) is 28.6 Å². The number of unbranched alkanes of at least 4 members (excludes halogenated alkanes) is 34. The topological polar surface area (TPSA) is 78.9 Å². The molecule has 0 fully saturated rings. The van der Waals surface area contributed by atoms with Crippen molar-refractivity contribution >= 4 is 17.9 Å². The number of allylic oxidation sites excluding steroid dienone is 2. The molecule has 58 heavy (non-hydrogen) atoms. The number of ether oxygens (including phenoxy) is 3. The van der Waals surface area contributed by atoms with E-state index in [0.29, 0.717) is 19.3 Å². The Bertz CT molecular complexity index is 900. The number of rotatable bonds is 47. The second-order valence-corrected chi connectivity index (χ2v) is 17.4. The molecule has 6 nitrogen and oxygen atoms in total. The molecule has 0 saturated heterocycles. The van der Waals surface area contributed by atoms with Crippen molar-refractivity contribution in [2.45, 2.75) is 290 Å². The lowest BCUT2D eigenvalue weighted by atomic mass is 10.0. The van der Waals surface area contributed by atoms with Gasteiger partial charge >= 0.3 is 17.9 Å². The fourth-order valence-corrected chi connectivity index (χ4v) is 7.61. The Morgan fingerprint density at radius 3 is 0.897 bits per heavy atom. The molecule has 0 spiro atoms. The smallest absolute Gasteiger partial charge is 0.306 e. The van der Waals surface area contributed by atoms with Crippen molar-refractivity contribution in [3.05, 3.63) is 12.2 Å². The van der Waals surface area contributed by atoms with E-state index in [0.717, 1.165) is 64.2 Å². The lowest BCUT2D eigenvalue weighted by molar-refractivity contribution is -0.167. The molecule has 0 amide bonds. The summed E-state index contributed by atoms with van der Waals surface area (Å²) in [6.45, 7) is 6.63. The van der Waals surface area contributed by atoms with Crippen LogP contribution in [0.1, 0.15) is 284 Å². The summed E-state index contributed by atoms with van der Waals surface area (Å²) in [5.74, 6) is -0.864. The van der Waals surface area contributed by atoms with Crippen LogP contribution in [0, 0.1) is 0 Å². The molecule has 0 unspecified atom stereocenters. The summed E-state index contributed by atoms with van der Waals surface area (Å²) in [6, 6.07) is 0. The first-order valence-electron chi connectivity index (χ1n) is 25.7. The van der Waals surface area contributed by atoms with Crippen molar-refractivity contribution < 1.29 is 28.6 Å². The van der Waals surface area contributed by atoms with E-state index in [1.165, 1.54) is 180 Å². The Labute approximate surface area is 360 Å². The number of carbonyl (C=O) groups excluding carboxylic acids is 3. The van der Waals surface area contributed by atoms with Crippen molar-refractivity contribution in [2.75, 3.05) is 13.2 Å². The molecule has 0 aromatic carbocycles. The lowest BCUT2D eigenvalue weighted by Crippen LogP contribution is -2.30. The van der Waals surface area contributed by atoms with E-state index in [4.69, 9.17) is 14.2 Å². The molecule has 0 aliphatic carbocycles. The lowest BCUT2D eigenvalue weighted by Gasteiger charge is -2.18. The van der Waals surface area contributed by atoms with Crippen molar-refractivity contribution in [3.8, 4) is 0 Å². The van der Waals surface area contributed by atoms with Gasteiger partial charge in [0.05, 0.1) is 0 Å². The van der Waals surface area contributed by atoms with Crippen LogP contribution in [-0.4, -0.2) is 37.2 Å². The first-order chi connectivity index (χ1) is 28.5. The zero-order chi connectivity index (χ0) is 42.3. The second-order valence-electron chi connectivity index (χ2n) is 17.4. The molecule has 0 bridgehead atoms. The van der Waals surface area contributed by atoms with E-state index >= 15 is 0 Å². The zero-order valence-corrected chi connectivity index (χ0v) is 39.1. The van der Waals surface area contributed by atoms with Gasteiger partial charge in [-0.25, -0.2) is 0 Å². The number of esters is 3. The van der Waals surface area contributed by atoms with Crippen LogP contribution in [0.15, 0.2) is 12.2 Å². The van der Waals surface area contributed by atoms with Crippen molar-refractivity contribution in [2.24, 2.45) is 0 Å². The van der Waals surface area contributed by atoms with Gasteiger partial charge in [0, 0.05) is 19.3 Å². The Kier molecular flexibility index (Phi) is 46.3. The fourth-order valence-electron chi connectivity index (χ4n) is 7.61. The van der Waals surface area contributed by atoms with E-state index in [1.807, 2.05) is 0 Å². The minimum absolute atomic E-state index is 0.0683. The first-order valence-corrected chi connectivity index (χ1v) is 25.7. The van der Waals surface area contributed by atoms with Crippen LogP contribution < -0.4 is 0 Å². The van der Waals surface area contributed by atoms with Gasteiger partial charge in [0.15, 0.2) is 6.10 Å². The van der Waals surface area contributed by atoms with Crippen LogP contribution in [0.3, 0.4) is 0 Å². The Morgan fingerprint density at radius 2 is 0.569 bits per heavy atom. The Hall–Kier alpha value is -1.85. The maximum Gasteiger partial charge on any atom is 0.306 e. The Balaban J connectivity index is 4.26. The molecule has 0 aromatic heterocycles. The van der Waals surface area contributed by atoms with Gasteiger partial charge in [-0.1, -0.05) is 232 Å². The summed E-state index contributed by atoms with van der Waals surface area (Å²) >= 11 is 0. The van der Waals surface area contributed by atoms with Crippen LogP contribution >= 0.6 is 0 Å². The van der Waals surface area contributed by atoms with Crippen molar-refractivity contribution in [3.63, 3.8) is 0 Å². The Morgan fingerprint density at radius 1 is 0.328 bits per heavy atom. The molecule has 1 atom stereocenters. The molecule has 0 rings (SSSR count). The van der Waals surface area contributed by atoms with Gasteiger partial charge in [-0.15, -0.1) is 0 Å². The summed E-state index contributed by atoms with van der Waals surface area (Å²) in [5.41, 5.74) is 0. The highest BCUT2D eigenvalue weighted by Gasteiger charge is 2.19. The third kappa shape index (κ3) is 45.2. The van der Waals surface area contributed by atoms with E-state index in [1.54, 1.807) is 0 Å². The SMILES string of the molecule is CCCCC/C=C\CCCCCCCC(=O)O[C@H](COC(=O)CCCCCCCCCCCC)COC(=O)CCCCCCCCCCCCCCCCCCCC. The molecule has 6 heteroatoms. The monoisotopic (exact) mass is 819 g/mol. The minimum atomic E-state index is -0.766. The highest BCUT2D eigenvalue weighted by Crippen LogP contribution is 2.16. The third-order valence-electron chi connectivity index (χ3n) is 11.5. The van der Waals surface area contributed by atoms with Gasteiger partial charge in [0.1, 0.15) is 13.2 Å². The van der Waals surface area contributed by atoms with Crippen molar-refractivity contribution in [1.29, 1.82) is 0 Å². The number of carbonyl (C=O) groups is 3. The zero-order valence-electron chi connectivity index (χ0n) is 39.1. The van der Waals surface area contributed by atoms with Gasteiger partial charge in [0.25, 0.3) is 0 Å². The molecule has 0 radical (unpaired) electrons. The van der Waals surface area contributed by atoms with Gasteiger partial charge in [-0.05, 0) is 44.9 Å². The normalized spacial score (nSPS) is 12.0. The number of hydrogen-bond donors (Lipinski definition) is 0. The summed E-state index contributed by atoms with van der Waals surface area (Å²) in [4.78, 5) is 37.8. The maximum atomic E-state index is 12.7. The van der Waals surface area contributed by atoms with Gasteiger partial charge in [0.2, 0.25) is 0 Å². The van der Waals surface area contributed by atoms with E-state index < -0.39 is 6.10 Å². The van der Waals surface area contributed by atoms with Crippen LogP contribution in [0.5, 0.6) is 0 Å². The third-order valence-corrected chi connectivity index (χ3v) is 11.5. The molecule has 0 aliphatic rings. The fraction of sp³-hybridized carbons (Fsp3) is 0.904. The van der Waals surface area contributed by atoms with Crippen molar-refractivity contribution in [1.82, 2.24) is 0 Å². The molecular weight excluding hydrogens is 721 g/mol. The average Bonchev–Trinajstić information content (AvgIpc) is 3.22. The predicted molar refractivity (Wildman–Crippen MR) is 247 cm³/mol. The molecule has 0 N–H and O–H groups in total. The highest BCUT2D eigenvalue weighted by atomic mass is 16.6. The largest absolute Gasteiger partial charge is 0.462 e. The summed E-state index contributed by atoms with van der Waals surface area (Å²) in [5, 5.41) is 0. The van der Waals surface area contributed by atoms with Crippen LogP contribution in [0.4, 0.5) is 0 Å². The molecule has 0 aliphatic heterocycles.